The lowest BCUT2D eigenvalue weighted by atomic mass is 10.2. The van der Waals surface area contributed by atoms with Crippen molar-refractivity contribution in [1.29, 1.82) is 0 Å². The zero-order valence-corrected chi connectivity index (χ0v) is 7.70. The van der Waals surface area contributed by atoms with Gasteiger partial charge >= 0.3 is 0 Å². The van der Waals surface area contributed by atoms with E-state index in [2.05, 4.69) is 10.4 Å². The lowest BCUT2D eigenvalue weighted by molar-refractivity contribution is 0.942. The molecule has 0 unspecified atom stereocenters. The summed E-state index contributed by atoms with van der Waals surface area (Å²) < 4.78 is 1.93. The van der Waals surface area contributed by atoms with Crippen molar-refractivity contribution in [2.75, 3.05) is 5.43 Å². The van der Waals surface area contributed by atoms with Crippen LogP contribution >= 0.6 is 0 Å². The fourth-order valence-electron chi connectivity index (χ4n) is 1.48. The third kappa shape index (κ3) is 1.07. The fourth-order valence-corrected chi connectivity index (χ4v) is 1.48. The summed E-state index contributed by atoms with van der Waals surface area (Å²) in [6, 6.07) is 6.07. The maximum Gasteiger partial charge on any atom is 0.218 e. The smallest absolute Gasteiger partial charge is 0.218 e. The Morgan fingerprint density at radius 1 is 1.46 bits per heavy atom. The lowest BCUT2D eigenvalue weighted by Gasteiger charge is -1.98. The summed E-state index contributed by atoms with van der Waals surface area (Å²) in [5.41, 5.74) is 5.81. The van der Waals surface area contributed by atoms with Crippen LogP contribution in [0.3, 0.4) is 0 Å². The first kappa shape index (κ1) is 8.07. The average molecular weight is 176 g/mol. The van der Waals surface area contributed by atoms with E-state index in [9.17, 15) is 0 Å². The summed E-state index contributed by atoms with van der Waals surface area (Å²) in [6.45, 7) is 2.04. The Morgan fingerprint density at radius 2 is 2.23 bits per heavy atom. The van der Waals surface area contributed by atoms with Crippen LogP contribution in [-0.4, -0.2) is 9.55 Å². The molecule has 0 aliphatic carbocycles. The predicted molar refractivity (Wildman–Crippen MR) is 53.3 cm³/mol. The number of nitrogen functional groups attached to an aromatic ring is 1. The monoisotopic (exact) mass is 176 g/mol. The Bertz CT molecular complexity index is 444. The number of anilines is 1. The van der Waals surface area contributed by atoms with Crippen molar-refractivity contribution in [1.82, 2.24) is 9.55 Å². The molecule has 13 heavy (non-hydrogen) atoms. The number of fused-ring (bicyclic) bond motifs is 1. The Kier molecular flexibility index (Phi) is 1.70. The first-order valence-electron chi connectivity index (χ1n) is 4.12. The summed E-state index contributed by atoms with van der Waals surface area (Å²) in [7, 11) is 1.93. The van der Waals surface area contributed by atoms with E-state index in [0.29, 0.717) is 5.95 Å². The van der Waals surface area contributed by atoms with Crippen molar-refractivity contribution < 1.29 is 0 Å². The number of rotatable bonds is 1. The number of para-hydroxylation sites is 1. The number of hydrogen-bond acceptors (Lipinski definition) is 3. The summed E-state index contributed by atoms with van der Waals surface area (Å²) >= 11 is 0. The van der Waals surface area contributed by atoms with Gasteiger partial charge in [-0.15, -0.1) is 0 Å². The zero-order chi connectivity index (χ0) is 9.42. The van der Waals surface area contributed by atoms with Gasteiger partial charge in [0, 0.05) is 7.05 Å². The molecule has 0 aliphatic rings. The van der Waals surface area contributed by atoms with Crippen molar-refractivity contribution in [3.05, 3.63) is 23.8 Å². The van der Waals surface area contributed by atoms with Crippen LogP contribution < -0.4 is 11.3 Å². The van der Waals surface area contributed by atoms with Gasteiger partial charge in [-0.2, -0.15) is 0 Å². The number of nitrogens with two attached hydrogens (primary N) is 1. The molecule has 2 aromatic rings. The fraction of sp³-hybridized carbons (Fsp3) is 0.222. The van der Waals surface area contributed by atoms with Crippen molar-refractivity contribution in [2.45, 2.75) is 6.92 Å². The Balaban J connectivity index is 2.83. The van der Waals surface area contributed by atoms with Gasteiger partial charge in [-0.1, -0.05) is 12.1 Å². The number of nitrogens with zero attached hydrogens (tertiary/aromatic N) is 2. The van der Waals surface area contributed by atoms with E-state index in [1.807, 2.05) is 36.7 Å². The summed E-state index contributed by atoms with van der Waals surface area (Å²) in [5.74, 6) is 6.02. The van der Waals surface area contributed by atoms with Crippen LogP contribution in [-0.2, 0) is 7.05 Å². The van der Waals surface area contributed by atoms with Crippen LogP contribution in [0.15, 0.2) is 18.2 Å². The first-order valence-corrected chi connectivity index (χ1v) is 4.12. The largest absolute Gasteiger partial charge is 0.312 e. The number of aryl methyl sites for hydroxylation is 2. The number of aromatic nitrogens is 2. The highest BCUT2D eigenvalue weighted by Crippen LogP contribution is 2.20. The van der Waals surface area contributed by atoms with Gasteiger partial charge in [-0.3, -0.25) is 5.43 Å². The molecular weight excluding hydrogens is 164 g/mol. The molecule has 0 saturated carbocycles. The number of benzene rings is 1. The van der Waals surface area contributed by atoms with Crippen LogP contribution in [0.25, 0.3) is 11.0 Å². The third-order valence-corrected chi connectivity index (χ3v) is 2.24. The highest BCUT2D eigenvalue weighted by Gasteiger charge is 2.06. The molecule has 0 amide bonds. The second kappa shape index (κ2) is 2.74. The molecule has 1 aromatic heterocycles. The van der Waals surface area contributed by atoms with Crippen LogP contribution in [0.4, 0.5) is 5.95 Å². The van der Waals surface area contributed by atoms with Gasteiger partial charge in [0.1, 0.15) is 0 Å². The third-order valence-electron chi connectivity index (χ3n) is 2.24. The van der Waals surface area contributed by atoms with E-state index in [1.165, 1.54) is 0 Å². The maximum atomic E-state index is 5.33. The summed E-state index contributed by atoms with van der Waals surface area (Å²) in [5, 5.41) is 0. The van der Waals surface area contributed by atoms with Crippen LogP contribution in [0.5, 0.6) is 0 Å². The number of imidazole rings is 1. The van der Waals surface area contributed by atoms with Gasteiger partial charge in [0.15, 0.2) is 0 Å². The van der Waals surface area contributed by atoms with Gasteiger partial charge in [0.25, 0.3) is 0 Å². The Morgan fingerprint density at radius 3 is 2.85 bits per heavy atom. The lowest BCUT2D eigenvalue weighted by Crippen LogP contribution is -2.11. The molecule has 0 atom stereocenters. The highest BCUT2D eigenvalue weighted by molar-refractivity contribution is 5.81. The van der Waals surface area contributed by atoms with E-state index >= 15 is 0 Å². The molecule has 0 aliphatic heterocycles. The summed E-state index contributed by atoms with van der Waals surface area (Å²) in [6.07, 6.45) is 0. The van der Waals surface area contributed by atoms with E-state index in [4.69, 9.17) is 5.84 Å². The molecule has 0 radical (unpaired) electrons. The van der Waals surface area contributed by atoms with Crippen molar-refractivity contribution >= 4 is 17.0 Å². The van der Waals surface area contributed by atoms with E-state index < -0.39 is 0 Å². The van der Waals surface area contributed by atoms with Crippen molar-refractivity contribution in [3.8, 4) is 0 Å². The Labute approximate surface area is 76.3 Å². The first-order chi connectivity index (χ1) is 6.24. The molecule has 0 spiro atoms. The van der Waals surface area contributed by atoms with E-state index in [-0.39, 0.29) is 0 Å². The van der Waals surface area contributed by atoms with Crippen molar-refractivity contribution in [3.63, 3.8) is 0 Å². The van der Waals surface area contributed by atoms with Crippen molar-refractivity contribution in [2.24, 2.45) is 12.9 Å². The number of nitrogens with one attached hydrogen (secondary N) is 1. The van der Waals surface area contributed by atoms with Crippen LogP contribution in [0.2, 0.25) is 0 Å². The van der Waals surface area contributed by atoms with Gasteiger partial charge in [0.05, 0.1) is 11.0 Å². The molecule has 2 rings (SSSR count). The quantitative estimate of drug-likeness (QED) is 0.506. The molecule has 4 heteroatoms. The molecule has 0 saturated heterocycles. The van der Waals surface area contributed by atoms with Crippen LogP contribution in [0.1, 0.15) is 5.56 Å². The maximum absolute atomic E-state index is 5.33. The average Bonchev–Trinajstić information content (AvgIpc) is 2.45. The molecule has 1 aromatic carbocycles. The minimum Gasteiger partial charge on any atom is -0.312 e. The molecular formula is C9H12N4. The van der Waals surface area contributed by atoms with Gasteiger partial charge in [-0.05, 0) is 18.6 Å². The molecule has 3 N–H and O–H groups in total. The molecule has 4 nitrogen and oxygen atoms in total. The van der Waals surface area contributed by atoms with E-state index in [1.54, 1.807) is 0 Å². The minimum absolute atomic E-state index is 0.685. The van der Waals surface area contributed by atoms with Gasteiger partial charge in [0.2, 0.25) is 5.95 Å². The SMILES string of the molecule is Cc1cccc2c1nc(NN)n2C. The van der Waals surface area contributed by atoms with Crippen LogP contribution in [0, 0.1) is 6.92 Å². The van der Waals surface area contributed by atoms with Gasteiger partial charge < -0.3 is 4.57 Å². The molecule has 0 fully saturated rings. The molecule has 68 valence electrons. The minimum atomic E-state index is 0.685. The second-order valence-corrected chi connectivity index (χ2v) is 3.08. The zero-order valence-electron chi connectivity index (χ0n) is 7.70. The number of hydrazine groups is 1. The predicted octanol–water partition coefficient (Wildman–Crippen LogP) is 1.17. The molecule has 1 heterocycles. The highest BCUT2D eigenvalue weighted by atomic mass is 15.3. The van der Waals surface area contributed by atoms with E-state index in [0.717, 1.165) is 16.6 Å². The molecule has 0 bridgehead atoms. The normalized spacial score (nSPS) is 10.7. The topological polar surface area (TPSA) is 55.9 Å². The number of hydrogen-bond donors (Lipinski definition) is 2. The van der Waals surface area contributed by atoms with Gasteiger partial charge in [-0.25, -0.2) is 10.8 Å². The second-order valence-electron chi connectivity index (χ2n) is 3.08. The Hall–Kier alpha value is -1.55. The standard InChI is InChI=1S/C9H12N4/c1-6-4-3-5-7-8(6)11-9(12-10)13(7)2/h3-5H,10H2,1-2H3,(H,11,12). The summed E-state index contributed by atoms with van der Waals surface area (Å²) in [4.78, 5) is 4.36.